The first-order chi connectivity index (χ1) is 15.2. The fraction of sp³-hybridized carbons (Fsp3) is 0.400. The van der Waals surface area contributed by atoms with Gasteiger partial charge in [0.15, 0.2) is 0 Å². The van der Waals surface area contributed by atoms with E-state index in [9.17, 15) is 19.5 Å². The van der Waals surface area contributed by atoms with Gasteiger partial charge in [0, 0.05) is 19.0 Å². The SMILES string of the molecule is CCC1(C(=O)O)CN(C(=O)C(C)(C)NC(=O)OCC2c3ccccc3-c3ccccc32)C1. The van der Waals surface area contributed by atoms with Crippen molar-refractivity contribution in [2.45, 2.75) is 38.6 Å². The number of carboxylic acid groups (broad SMARTS) is 1. The summed E-state index contributed by atoms with van der Waals surface area (Å²) in [5.74, 6) is -1.29. The number of fused-ring (bicyclic) bond motifs is 3. The highest BCUT2D eigenvalue weighted by Gasteiger charge is 2.52. The molecule has 0 aromatic heterocycles. The van der Waals surface area contributed by atoms with Gasteiger partial charge >= 0.3 is 12.1 Å². The molecule has 32 heavy (non-hydrogen) atoms. The Morgan fingerprint density at radius 2 is 1.59 bits per heavy atom. The largest absolute Gasteiger partial charge is 0.481 e. The van der Waals surface area contributed by atoms with E-state index in [2.05, 4.69) is 17.4 Å². The molecule has 1 aliphatic heterocycles. The summed E-state index contributed by atoms with van der Waals surface area (Å²) < 4.78 is 5.54. The molecular weight excluding hydrogens is 408 g/mol. The molecule has 0 bridgehead atoms. The van der Waals surface area contributed by atoms with Crippen LogP contribution in [0.1, 0.15) is 44.2 Å². The highest BCUT2D eigenvalue weighted by atomic mass is 16.5. The normalized spacial score (nSPS) is 16.5. The summed E-state index contributed by atoms with van der Waals surface area (Å²) in [6.45, 7) is 5.45. The van der Waals surface area contributed by atoms with E-state index in [1.165, 1.54) is 4.90 Å². The minimum Gasteiger partial charge on any atom is -0.481 e. The first-order valence-corrected chi connectivity index (χ1v) is 10.8. The maximum atomic E-state index is 12.9. The lowest BCUT2D eigenvalue weighted by Crippen LogP contribution is -2.67. The van der Waals surface area contributed by atoms with E-state index in [4.69, 9.17) is 4.74 Å². The molecule has 1 saturated heterocycles. The third-order valence-electron chi connectivity index (χ3n) is 6.70. The molecule has 168 valence electrons. The van der Waals surface area contributed by atoms with E-state index in [1.807, 2.05) is 36.4 Å². The number of carbonyl (C=O) groups excluding carboxylic acids is 2. The van der Waals surface area contributed by atoms with E-state index in [1.54, 1.807) is 20.8 Å². The maximum absolute atomic E-state index is 12.9. The van der Waals surface area contributed by atoms with Gasteiger partial charge in [-0.1, -0.05) is 55.5 Å². The molecule has 7 nitrogen and oxygen atoms in total. The Kier molecular flexibility index (Phi) is 5.44. The van der Waals surface area contributed by atoms with Gasteiger partial charge in [0.25, 0.3) is 0 Å². The van der Waals surface area contributed by atoms with E-state index >= 15 is 0 Å². The van der Waals surface area contributed by atoms with Crippen molar-refractivity contribution in [1.82, 2.24) is 10.2 Å². The zero-order valence-corrected chi connectivity index (χ0v) is 18.6. The average Bonchev–Trinajstić information content (AvgIpc) is 3.05. The van der Waals surface area contributed by atoms with Crippen molar-refractivity contribution in [2.75, 3.05) is 19.7 Å². The number of aliphatic carboxylic acids is 1. The second-order valence-electron chi connectivity index (χ2n) is 9.18. The molecule has 1 aliphatic carbocycles. The van der Waals surface area contributed by atoms with Gasteiger partial charge in [0.1, 0.15) is 17.6 Å². The number of ether oxygens (including phenoxy) is 1. The Bertz CT molecular complexity index is 1030. The minimum absolute atomic E-state index is 0.0666. The number of nitrogens with one attached hydrogen (secondary N) is 1. The lowest BCUT2D eigenvalue weighted by atomic mass is 9.76. The number of likely N-dealkylation sites (tertiary alicyclic amines) is 1. The summed E-state index contributed by atoms with van der Waals surface area (Å²) >= 11 is 0. The molecule has 2 aromatic carbocycles. The highest BCUT2D eigenvalue weighted by molar-refractivity contribution is 5.91. The van der Waals surface area contributed by atoms with Crippen LogP contribution in [0, 0.1) is 5.41 Å². The predicted octanol–water partition coefficient (Wildman–Crippen LogP) is 3.63. The number of carboxylic acids is 1. The van der Waals surface area contributed by atoms with Crippen LogP contribution in [0.2, 0.25) is 0 Å². The molecule has 0 saturated carbocycles. The molecule has 2 N–H and O–H groups in total. The second-order valence-corrected chi connectivity index (χ2v) is 9.18. The number of benzene rings is 2. The zero-order chi connectivity index (χ0) is 23.1. The molecule has 7 heteroatoms. The van der Waals surface area contributed by atoms with E-state index in [0.29, 0.717) is 6.42 Å². The van der Waals surface area contributed by atoms with Crippen molar-refractivity contribution in [2.24, 2.45) is 5.41 Å². The Hall–Kier alpha value is -3.35. The first kappa shape index (κ1) is 21.9. The van der Waals surface area contributed by atoms with Crippen LogP contribution in [-0.4, -0.2) is 53.2 Å². The van der Waals surface area contributed by atoms with Crippen LogP contribution in [-0.2, 0) is 14.3 Å². The molecule has 2 aromatic rings. The van der Waals surface area contributed by atoms with Gasteiger partial charge < -0.3 is 20.1 Å². The van der Waals surface area contributed by atoms with Gasteiger partial charge in [-0.25, -0.2) is 4.79 Å². The van der Waals surface area contributed by atoms with Gasteiger partial charge in [-0.2, -0.15) is 0 Å². The summed E-state index contributed by atoms with van der Waals surface area (Å²) in [6, 6.07) is 16.1. The van der Waals surface area contributed by atoms with Gasteiger partial charge in [-0.15, -0.1) is 0 Å². The van der Waals surface area contributed by atoms with Crippen molar-refractivity contribution in [1.29, 1.82) is 0 Å². The number of alkyl carbamates (subject to hydrolysis) is 1. The van der Waals surface area contributed by atoms with Crippen LogP contribution in [0.3, 0.4) is 0 Å². The quantitative estimate of drug-likeness (QED) is 0.721. The van der Waals surface area contributed by atoms with Gasteiger partial charge in [-0.3, -0.25) is 9.59 Å². The molecule has 1 fully saturated rings. The van der Waals surface area contributed by atoms with Gasteiger partial charge in [-0.05, 0) is 42.5 Å². The van der Waals surface area contributed by atoms with Crippen molar-refractivity contribution in [3.8, 4) is 11.1 Å². The lowest BCUT2D eigenvalue weighted by Gasteiger charge is -2.49. The molecule has 2 aliphatic rings. The second kappa shape index (κ2) is 7.97. The number of carbonyl (C=O) groups is 3. The van der Waals surface area contributed by atoms with Crippen LogP contribution in [0.25, 0.3) is 11.1 Å². The Morgan fingerprint density at radius 3 is 2.09 bits per heavy atom. The summed E-state index contributed by atoms with van der Waals surface area (Å²) in [4.78, 5) is 38.4. The third-order valence-corrected chi connectivity index (χ3v) is 6.70. The number of hydrogen-bond acceptors (Lipinski definition) is 4. The van der Waals surface area contributed by atoms with E-state index in [-0.39, 0.29) is 31.5 Å². The summed E-state index contributed by atoms with van der Waals surface area (Å²) in [6.07, 6.45) is -0.225. The number of nitrogens with zero attached hydrogens (tertiary/aromatic N) is 1. The zero-order valence-electron chi connectivity index (χ0n) is 18.6. The molecule has 0 radical (unpaired) electrons. The molecular formula is C25H28N2O5. The molecule has 0 atom stereocenters. The van der Waals surface area contributed by atoms with E-state index < -0.39 is 23.0 Å². The van der Waals surface area contributed by atoms with Crippen LogP contribution in [0.5, 0.6) is 0 Å². The van der Waals surface area contributed by atoms with Gasteiger partial charge in [0.2, 0.25) is 5.91 Å². The third kappa shape index (κ3) is 3.61. The van der Waals surface area contributed by atoms with Crippen LogP contribution in [0.4, 0.5) is 4.79 Å². The maximum Gasteiger partial charge on any atom is 0.408 e. The van der Waals surface area contributed by atoms with E-state index in [0.717, 1.165) is 22.3 Å². The van der Waals surface area contributed by atoms with Crippen LogP contribution < -0.4 is 5.32 Å². The predicted molar refractivity (Wildman–Crippen MR) is 119 cm³/mol. The number of amides is 2. The highest BCUT2D eigenvalue weighted by Crippen LogP contribution is 2.44. The van der Waals surface area contributed by atoms with Gasteiger partial charge in [0.05, 0.1) is 0 Å². The monoisotopic (exact) mass is 436 g/mol. The van der Waals surface area contributed by atoms with Crippen molar-refractivity contribution < 1.29 is 24.2 Å². The Morgan fingerprint density at radius 1 is 1.06 bits per heavy atom. The number of rotatable bonds is 6. The average molecular weight is 437 g/mol. The Labute approximate surface area is 187 Å². The minimum atomic E-state index is -1.21. The van der Waals surface area contributed by atoms with Crippen LogP contribution in [0.15, 0.2) is 48.5 Å². The fourth-order valence-electron chi connectivity index (χ4n) is 4.68. The molecule has 1 heterocycles. The van der Waals surface area contributed by atoms with Crippen molar-refractivity contribution in [3.63, 3.8) is 0 Å². The topological polar surface area (TPSA) is 95.9 Å². The van der Waals surface area contributed by atoms with Crippen molar-refractivity contribution in [3.05, 3.63) is 59.7 Å². The smallest absolute Gasteiger partial charge is 0.408 e. The van der Waals surface area contributed by atoms with Crippen LogP contribution >= 0.6 is 0 Å². The van der Waals surface area contributed by atoms with Crippen molar-refractivity contribution >= 4 is 18.0 Å². The molecule has 2 amide bonds. The standard InChI is InChI=1S/C25H28N2O5/c1-4-25(22(29)30)14-27(15-25)21(28)24(2,3)26-23(31)32-13-20-18-11-7-5-9-16(18)17-10-6-8-12-19(17)20/h5-12,20H,4,13-15H2,1-3H3,(H,26,31)(H,29,30). The molecule has 0 spiro atoms. The number of hydrogen-bond donors (Lipinski definition) is 2. The summed E-state index contributed by atoms with van der Waals surface area (Å²) in [5.41, 5.74) is 2.41. The fourth-order valence-corrected chi connectivity index (χ4v) is 4.68. The summed E-state index contributed by atoms with van der Waals surface area (Å²) in [5, 5.41) is 12.1. The lowest BCUT2D eigenvalue weighted by molar-refractivity contribution is -0.168. The molecule has 4 rings (SSSR count). The summed E-state index contributed by atoms with van der Waals surface area (Å²) in [7, 11) is 0. The Balaban J connectivity index is 1.38. The molecule has 0 unspecified atom stereocenters. The first-order valence-electron chi connectivity index (χ1n) is 10.8.